The Balaban J connectivity index is 1.48. The second-order valence-corrected chi connectivity index (χ2v) is 12.7. The van der Waals surface area contributed by atoms with Crippen LogP contribution in [0.25, 0.3) is 21.5 Å². The summed E-state index contributed by atoms with van der Waals surface area (Å²) in [6.07, 6.45) is 0. The number of nitrogen functional groups attached to an aromatic ring is 1. The number of nitrogens with two attached hydrogens (primary N) is 1. The number of hydrogen-bond acceptors (Lipinski definition) is 7. The van der Waals surface area contributed by atoms with E-state index in [0.717, 1.165) is 0 Å². The van der Waals surface area contributed by atoms with E-state index in [9.17, 15) is 35.5 Å². The normalized spacial score (nSPS) is 11.9. The van der Waals surface area contributed by atoms with Gasteiger partial charge in [-0.25, -0.2) is 0 Å². The monoisotopic (exact) mass is 619 g/mol. The van der Waals surface area contributed by atoms with Crippen molar-refractivity contribution in [3.63, 3.8) is 0 Å². The van der Waals surface area contributed by atoms with Gasteiger partial charge in [0.25, 0.3) is 32.1 Å². The third kappa shape index (κ3) is 5.79. The number of nitrogens with zero attached hydrogens (tertiary/aromatic N) is 2. The Morgan fingerprint density at radius 3 is 1.37 bits per heavy atom. The topological polar surface area (TPSA) is 175 Å². The van der Waals surface area contributed by atoms with E-state index < -0.39 is 32.1 Å². The predicted octanol–water partition coefficient (Wildman–Crippen LogP) is 4.62. The predicted molar refractivity (Wildman–Crippen MR) is 164 cm³/mol. The van der Waals surface area contributed by atoms with Gasteiger partial charge in [-0.05, 0) is 65.4 Å². The molecule has 2 amide bonds. The Morgan fingerprint density at radius 2 is 1.00 bits per heavy atom. The van der Waals surface area contributed by atoms with Gasteiger partial charge in [-0.2, -0.15) is 16.8 Å². The minimum atomic E-state index is -4.42. The molecule has 5 aromatic rings. The van der Waals surface area contributed by atoms with E-state index in [1.165, 1.54) is 78.5 Å². The molecule has 4 N–H and O–H groups in total. The van der Waals surface area contributed by atoms with Gasteiger partial charge >= 0.3 is 0 Å². The average Bonchev–Trinajstić information content (AvgIpc) is 2.97. The van der Waals surface area contributed by atoms with Gasteiger partial charge in [0.1, 0.15) is 0 Å². The minimum absolute atomic E-state index is 0.126. The zero-order chi connectivity index (χ0) is 31.3. The summed E-state index contributed by atoms with van der Waals surface area (Å²) in [5.41, 5.74) is 7.44. The van der Waals surface area contributed by atoms with E-state index in [1.54, 1.807) is 36.4 Å². The molecule has 0 saturated carbocycles. The standard InChI is InChI=1S/C30H25N3O8S2/c1-32(27-7-3-5-18-16-23(42(36,37)38)9-11-25(18)27)29(34)20-13-21(15-22(31)14-20)30(35)33(2)28-8-4-6-19-17-24(43(39,40)41)10-12-26(19)28/h3-17H,31H2,1-2H3,(H,36,37,38)(H,39,40,41). The molecule has 0 fully saturated rings. The molecule has 0 heterocycles. The lowest BCUT2D eigenvalue weighted by Gasteiger charge is -2.22. The first-order valence-electron chi connectivity index (χ1n) is 12.6. The van der Waals surface area contributed by atoms with Gasteiger partial charge in [0.15, 0.2) is 0 Å². The van der Waals surface area contributed by atoms with Gasteiger partial charge in [-0.3, -0.25) is 18.7 Å². The van der Waals surface area contributed by atoms with Gasteiger partial charge in [-0.15, -0.1) is 0 Å². The van der Waals surface area contributed by atoms with Crippen molar-refractivity contribution in [1.29, 1.82) is 0 Å². The summed E-state index contributed by atoms with van der Waals surface area (Å²) in [5.74, 6) is -0.975. The zero-order valence-electron chi connectivity index (χ0n) is 22.8. The Labute approximate surface area is 247 Å². The molecular formula is C30H25N3O8S2. The molecule has 0 saturated heterocycles. The van der Waals surface area contributed by atoms with E-state index >= 15 is 0 Å². The van der Waals surface area contributed by atoms with Crippen molar-refractivity contribution in [1.82, 2.24) is 0 Å². The smallest absolute Gasteiger partial charge is 0.294 e. The highest BCUT2D eigenvalue weighted by molar-refractivity contribution is 7.86. The van der Waals surface area contributed by atoms with Gasteiger partial charge in [-0.1, -0.05) is 36.4 Å². The van der Waals surface area contributed by atoms with Crippen LogP contribution in [0.15, 0.2) is 101 Å². The van der Waals surface area contributed by atoms with Gasteiger partial charge in [0, 0.05) is 41.7 Å². The summed E-state index contributed by atoms with van der Waals surface area (Å²) in [6.45, 7) is 0. The molecule has 220 valence electrons. The van der Waals surface area contributed by atoms with Crippen LogP contribution in [0.2, 0.25) is 0 Å². The number of fused-ring (bicyclic) bond motifs is 2. The molecule has 0 aromatic heterocycles. The van der Waals surface area contributed by atoms with Crippen molar-refractivity contribution in [2.75, 3.05) is 29.6 Å². The highest BCUT2D eigenvalue weighted by atomic mass is 32.2. The first-order valence-corrected chi connectivity index (χ1v) is 15.5. The second kappa shape index (κ2) is 10.8. The molecule has 0 spiro atoms. The molecule has 0 aliphatic rings. The van der Waals surface area contributed by atoms with Crippen LogP contribution < -0.4 is 15.5 Å². The molecule has 43 heavy (non-hydrogen) atoms. The Bertz CT molecular complexity index is 2030. The maximum absolute atomic E-state index is 13.6. The lowest BCUT2D eigenvalue weighted by atomic mass is 10.0. The van der Waals surface area contributed by atoms with Crippen molar-refractivity contribution in [2.24, 2.45) is 0 Å². The number of hydrogen-bond donors (Lipinski definition) is 3. The van der Waals surface area contributed by atoms with E-state index in [1.807, 2.05) is 0 Å². The summed E-state index contributed by atoms with van der Waals surface area (Å²) in [6, 6.07) is 22.3. The quantitative estimate of drug-likeness (QED) is 0.181. The summed E-state index contributed by atoms with van der Waals surface area (Å²) in [7, 11) is -5.77. The summed E-state index contributed by atoms with van der Waals surface area (Å²) in [5, 5.41) is 2.07. The summed E-state index contributed by atoms with van der Waals surface area (Å²) < 4.78 is 65.1. The fraction of sp³-hybridized carbons (Fsp3) is 0.0667. The molecule has 0 atom stereocenters. The molecule has 0 aliphatic carbocycles. The van der Waals surface area contributed by atoms with E-state index in [-0.39, 0.29) is 26.6 Å². The van der Waals surface area contributed by atoms with Crippen molar-refractivity contribution >= 4 is 70.7 Å². The lowest BCUT2D eigenvalue weighted by molar-refractivity contribution is 0.0992. The van der Waals surface area contributed by atoms with Crippen molar-refractivity contribution in [3.05, 3.63) is 102 Å². The maximum Gasteiger partial charge on any atom is 0.294 e. The molecule has 5 rings (SSSR count). The third-order valence-electron chi connectivity index (χ3n) is 7.03. The van der Waals surface area contributed by atoms with E-state index in [2.05, 4.69) is 0 Å². The first-order chi connectivity index (χ1) is 20.1. The lowest BCUT2D eigenvalue weighted by Crippen LogP contribution is -2.29. The van der Waals surface area contributed by atoms with Crippen LogP contribution in [0.3, 0.4) is 0 Å². The molecule has 13 heteroatoms. The highest BCUT2D eigenvalue weighted by Gasteiger charge is 2.22. The fourth-order valence-corrected chi connectivity index (χ4v) is 5.93. The number of carbonyl (C=O) groups is 2. The van der Waals surface area contributed by atoms with Crippen molar-refractivity contribution in [3.8, 4) is 0 Å². The molecule has 0 radical (unpaired) electrons. The SMILES string of the molecule is CN(C(=O)c1cc(N)cc(C(=O)N(C)c2cccc3cc(S(=O)(=O)O)ccc23)c1)c1cccc2cc(S(=O)(=O)O)ccc12. The fourth-order valence-electron chi connectivity index (χ4n) is 4.90. The molecule has 0 unspecified atom stereocenters. The largest absolute Gasteiger partial charge is 0.399 e. The molecule has 5 aromatic carbocycles. The average molecular weight is 620 g/mol. The number of carbonyl (C=O) groups excluding carboxylic acids is 2. The van der Waals surface area contributed by atoms with Crippen LogP contribution in [0.4, 0.5) is 17.1 Å². The number of anilines is 3. The van der Waals surface area contributed by atoms with Gasteiger partial charge < -0.3 is 15.5 Å². The van der Waals surface area contributed by atoms with Crippen molar-refractivity contribution in [2.45, 2.75) is 9.79 Å². The van der Waals surface area contributed by atoms with E-state index in [4.69, 9.17) is 5.73 Å². The van der Waals surface area contributed by atoms with E-state index in [0.29, 0.717) is 32.9 Å². The van der Waals surface area contributed by atoms with Crippen LogP contribution in [-0.4, -0.2) is 51.9 Å². The molecule has 0 aliphatic heterocycles. The van der Waals surface area contributed by atoms with Crippen molar-refractivity contribution < 1.29 is 35.5 Å². The zero-order valence-corrected chi connectivity index (χ0v) is 24.4. The Kier molecular flexibility index (Phi) is 7.44. The molecule has 11 nitrogen and oxygen atoms in total. The first kappa shape index (κ1) is 29.7. The summed E-state index contributed by atoms with van der Waals surface area (Å²) >= 11 is 0. The second-order valence-electron chi connectivity index (χ2n) is 9.84. The highest BCUT2D eigenvalue weighted by Crippen LogP contribution is 2.31. The molecule has 0 bridgehead atoms. The maximum atomic E-state index is 13.6. The number of amides is 2. The molecular weight excluding hydrogens is 594 g/mol. The van der Waals surface area contributed by atoms with Gasteiger partial charge in [0.05, 0.1) is 21.2 Å². The minimum Gasteiger partial charge on any atom is -0.399 e. The number of benzene rings is 5. The summed E-state index contributed by atoms with van der Waals surface area (Å²) in [4.78, 5) is 29.4. The van der Waals surface area contributed by atoms with Crippen LogP contribution >= 0.6 is 0 Å². The van der Waals surface area contributed by atoms with Crippen LogP contribution in [0.1, 0.15) is 20.7 Å². The Hall–Kier alpha value is -4.82. The van der Waals surface area contributed by atoms with Crippen LogP contribution in [-0.2, 0) is 20.2 Å². The van der Waals surface area contributed by atoms with Crippen LogP contribution in [0.5, 0.6) is 0 Å². The Morgan fingerprint density at radius 1 is 0.605 bits per heavy atom. The number of rotatable bonds is 6. The van der Waals surface area contributed by atoms with Gasteiger partial charge in [0.2, 0.25) is 0 Å². The third-order valence-corrected chi connectivity index (χ3v) is 8.73. The van der Waals surface area contributed by atoms with Crippen LogP contribution in [0, 0.1) is 0 Å².